The Balaban J connectivity index is 1.41. The average molecular weight is 369 g/mol. The zero-order valence-corrected chi connectivity index (χ0v) is 14.8. The monoisotopic (exact) mass is 369 g/mol. The summed E-state index contributed by atoms with van der Waals surface area (Å²) in [6, 6.07) is 12.0. The number of para-hydroxylation sites is 1. The number of benzene rings is 2. The number of ether oxygens (including phenoxy) is 1. The van der Waals surface area contributed by atoms with Crippen LogP contribution >= 0.6 is 0 Å². The van der Waals surface area contributed by atoms with Gasteiger partial charge in [-0.3, -0.25) is 9.59 Å². The molecule has 27 heavy (non-hydrogen) atoms. The van der Waals surface area contributed by atoms with Crippen molar-refractivity contribution in [3.8, 4) is 5.75 Å². The van der Waals surface area contributed by atoms with Crippen LogP contribution in [-0.2, 0) is 16.0 Å². The van der Waals surface area contributed by atoms with Crippen LogP contribution in [0.1, 0.15) is 5.56 Å². The minimum Gasteiger partial charge on any atom is -0.479 e. The first-order chi connectivity index (χ1) is 13.1. The second-order valence-corrected chi connectivity index (χ2v) is 6.63. The molecule has 4 rings (SSSR count). The molecule has 1 N–H and O–H groups in total. The Kier molecular flexibility index (Phi) is 4.66. The van der Waals surface area contributed by atoms with Crippen molar-refractivity contribution in [3.63, 3.8) is 0 Å². The molecular weight excluding hydrogens is 349 g/mol. The van der Waals surface area contributed by atoms with Crippen molar-refractivity contribution < 1.29 is 18.7 Å². The van der Waals surface area contributed by atoms with Crippen molar-refractivity contribution >= 4 is 23.2 Å². The van der Waals surface area contributed by atoms with Gasteiger partial charge in [0, 0.05) is 26.2 Å². The Hall–Kier alpha value is -3.09. The van der Waals surface area contributed by atoms with Crippen LogP contribution < -0.4 is 15.0 Å². The molecule has 2 aromatic rings. The van der Waals surface area contributed by atoms with Crippen LogP contribution in [0, 0.1) is 5.82 Å². The summed E-state index contributed by atoms with van der Waals surface area (Å²) >= 11 is 0. The molecule has 0 aliphatic carbocycles. The Bertz CT molecular complexity index is 879. The van der Waals surface area contributed by atoms with E-state index in [1.165, 1.54) is 6.07 Å². The molecule has 2 heterocycles. The lowest BCUT2D eigenvalue weighted by Gasteiger charge is -2.37. The second kappa shape index (κ2) is 7.26. The number of carbonyl (C=O) groups is 2. The standard InChI is InChI=1S/C20H20FN3O3/c21-15-5-2-1-4-14(15)12-19(26)24-10-8-23(9-11-24)17-7-3-6-16-20(17)27-13-18(25)22-16/h1-7H,8-13H2,(H,22,25). The molecule has 2 aromatic carbocycles. The summed E-state index contributed by atoms with van der Waals surface area (Å²) in [7, 11) is 0. The molecule has 0 bridgehead atoms. The van der Waals surface area contributed by atoms with E-state index >= 15 is 0 Å². The molecule has 6 nitrogen and oxygen atoms in total. The van der Waals surface area contributed by atoms with E-state index in [1.54, 1.807) is 23.1 Å². The number of anilines is 2. The quantitative estimate of drug-likeness (QED) is 0.900. The van der Waals surface area contributed by atoms with E-state index in [-0.39, 0.29) is 30.7 Å². The number of carbonyl (C=O) groups excluding carboxylic acids is 2. The first kappa shape index (κ1) is 17.3. The average Bonchev–Trinajstić information content (AvgIpc) is 2.69. The van der Waals surface area contributed by atoms with Gasteiger partial charge in [0.05, 0.1) is 17.8 Å². The minimum absolute atomic E-state index is 0.00506. The highest BCUT2D eigenvalue weighted by atomic mass is 19.1. The van der Waals surface area contributed by atoms with Gasteiger partial charge in [0.2, 0.25) is 5.91 Å². The third-order valence-electron chi connectivity index (χ3n) is 4.89. The predicted octanol–water partition coefficient (Wildman–Crippen LogP) is 2.05. The zero-order valence-electron chi connectivity index (χ0n) is 14.8. The van der Waals surface area contributed by atoms with E-state index in [4.69, 9.17) is 4.74 Å². The number of rotatable bonds is 3. The molecule has 0 atom stereocenters. The summed E-state index contributed by atoms with van der Waals surface area (Å²) in [6.45, 7) is 2.42. The van der Waals surface area contributed by atoms with Crippen LogP contribution in [0.15, 0.2) is 42.5 Å². The summed E-state index contributed by atoms with van der Waals surface area (Å²) < 4.78 is 19.4. The highest BCUT2D eigenvalue weighted by Gasteiger charge is 2.26. The van der Waals surface area contributed by atoms with E-state index in [1.807, 2.05) is 18.2 Å². The zero-order chi connectivity index (χ0) is 18.8. The Morgan fingerprint density at radius 3 is 2.63 bits per heavy atom. The number of hydrogen-bond acceptors (Lipinski definition) is 4. The third kappa shape index (κ3) is 3.58. The molecule has 0 aromatic heterocycles. The minimum atomic E-state index is -0.348. The van der Waals surface area contributed by atoms with Crippen molar-refractivity contribution in [1.29, 1.82) is 0 Å². The van der Waals surface area contributed by atoms with Gasteiger partial charge in [0.25, 0.3) is 5.91 Å². The number of amides is 2. The molecule has 7 heteroatoms. The summed E-state index contributed by atoms with van der Waals surface area (Å²) in [5, 5.41) is 2.81. The molecule has 0 spiro atoms. The van der Waals surface area contributed by atoms with E-state index in [9.17, 15) is 14.0 Å². The fraction of sp³-hybridized carbons (Fsp3) is 0.300. The van der Waals surface area contributed by atoms with E-state index < -0.39 is 0 Å². The maximum atomic E-state index is 13.8. The summed E-state index contributed by atoms with van der Waals surface area (Å²) in [5.41, 5.74) is 2.00. The Labute approximate surface area is 156 Å². The molecule has 2 aliphatic heterocycles. The number of hydrogen-bond donors (Lipinski definition) is 1. The van der Waals surface area contributed by atoms with Gasteiger partial charge in [-0.25, -0.2) is 4.39 Å². The van der Waals surface area contributed by atoms with Gasteiger partial charge >= 0.3 is 0 Å². The molecule has 2 amide bonds. The maximum Gasteiger partial charge on any atom is 0.262 e. The predicted molar refractivity (Wildman–Crippen MR) is 99.5 cm³/mol. The van der Waals surface area contributed by atoms with Crippen LogP contribution in [0.2, 0.25) is 0 Å². The molecule has 0 saturated carbocycles. The molecule has 0 unspecified atom stereocenters. The van der Waals surface area contributed by atoms with E-state index in [0.717, 1.165) is 5.69 Å². The molecule has 0 radical (unpaired) electrons. The van der Waals surface area contributed by atoms with Crippen molar-refractivity contribution in [1.82, 2.24) is 4.90 Å². The van der Waals surface area contributed by atoms with Crippen LogP contribution in [0.4, 0.5) is 15.8 Å². The number of nitrogens with one attached hydrogen (secondary N) is 1. The van der Waals surface area contributed by atoms with Crippen molar-refractivity contribution in [2.45, 2.75) is 6.42 Å². The van der Waals surface area contributed by atoms with Crippen molar-refractivity contribution in [3.05, 3.63) is 53.8 Å². The van der Waals surface area contributed by atoms with Gasteiger partial charge in [-0.05, 0) is 23.8 Å². The number of fused-ring (bicyclic) bond motifs is 1. The molecule has 2 aliphatic rings. The molecule has 1 saturated heterocycles. The number of piperazine rings is 1. The van der Waals surface area contributed by atoms with Gasteiger partial charge in [0.1, 0.15) is 5.82 Å². The number of halogens is 1. The SMILES string of the molecule is O=C1COc2c(cccc2N2CCN(C(=O)Cc3ccccc3F)CC2)N1. The molecule has 1 fully saturated rings. The van der Waals surface area contributed by atoms with E-state index in [2.05, 4.69) is 10.2 Å². The van der Waals surface area contributed by atoms with E-state index in [0.29, 0.717) is 43.2 Å². The molecular formula is C20H20FN3O3. The van der Waals surface area contributed by atoms with Crippen LogP contribution in [0.3, 0.4) is 0 Å². The van der Waals surface area contributed by atoms with Gasteiger partial charge in [0.15, 0.2) is 12.4 Å². The number of nitrogens with zero attached hydrogens (tertiary/aromatic N) is 2. The lowest BCUT2D eigenvalue weighted by atomic mass is 10.1. The Morgan fingerprint density at radius 2 is 1.85 bits per heavy atom. The summed E-state index contributed by atoms with van der Waals surface area (Å²) in [4.78, 5) is 27.9. The van der Waals surface area contributed by atoms with Crippen molar-refractivity contribution in [2.75, 3.05) is 43.0 Å². The maximum absolute atomic E-state index is 13.8. The van der Waals surface area contributed by atoms with Gasteiger partial charge < -0.3 is 19.9 Å². The lowest BCUT2D eigenvalue weighted by molar-refractivity contribution is -0.130. The summed E-state index contributed by atoms with van der Waals surface area (Å²) in [5.74, 6) is 0.0874. The lowest BCUT2D eigenvalue weighted by Crippen LogP contribution is -2.49. The first-order valence-corrected chi connectivity index (χ1v) is 8.93. The van der Waals surface area contributed by atoms with Gasteiger partial charge in [-0.15, -0.1) is 0 Å². The smallest absolute Gasteiger partial charge is 0.262 e. The van der Waals surface area contributed by atoms with Crippen molar-refractivity contribution in [2.24, 2.45) is 0 Å². The normalized spacial score (nSPS) is 16.4. The van der Waals surface area contributed by atoms with Gasteiger partial charge in [-0.2, -0.15) is 0 Å². The largest absolute Gasteiger partial charge is 0.479 e. The summed E-state index contributed by atoms with van der Waals surface area (Å²) in [6.07, 6.45) is 0.0720. The highest BCUT2D eigenvalue weighted by molar-refractivity contribution is 5.97. The fourth-order valence-corrected chi connectivity index (χ4v) is 3.46. The van der Waals surface area contributed by atoms with Crippen LogP contribution in [0.25, 0.3) is 0 Å². The topological polar surface area (TPSA) is 61.9 Å². The van der Waals surface area contributed by atoms with Gasteiger partial charge in [-0.1, -0.05) is 24.3 Å². The fourth-order valence-electron chi connectivity index (χ4n) is 3.46. The second-order valence-electron chi connectivity index (χ2n) is 6.63. The molecule has 140 valence electrons. The Morgan fingerprint density at radius 1 is 1.07 bits per heavy atom. The third-order valence-corrected chi connectivity index (χ3v) is 4.89. The first-order valence-electron chi connectivity index (χ1n) is 8.93. The van der Waals surface area contributed by atoms with Crippen LogP contribution in [-0.4, -0.2) is 49.5 Å². The van der Waals surface area contributed by atoms with Crippen LogP contribution in [0.5, 0.6) is 5.75 Å². The highest BCUT2D eigenvalue weighted by Crippen LogP contribution is 2.38.